The SMILES string of the molecule is O=C(CCCO)NC1CCCCCC1. The van der Waals surface area contributed by atoms with Gasteiger partial charge in [0.1, 0.15) is 0 Å². The molecular formula is C11H21NO2. The van der Waals surface area contributed by atoms with Crippen molar-refractivity contribution in [3.63, 3.8) is 0 Å². The number of hydrogen-bond donors (Lipinski definition) is 2. The number of rotatable bonds is 4. The van der Waals surface area contributed by atoms with Gasteiger partial charge in [-0.2, -0.15) is 0 Å². The van der Waals surface area contributed by atoms with Crippen LogP contribution < -0.4 is 5.32 Å². The molecule has 0 aromatic heterocycles. The minimum absolute atomic E-state index is 0.103. The zero-order valence-corrected chi connectivity index (χ0v) is 8.80. The molecule has 1 rings (SSSR count). The number of aliphatic hydroxyl groups excluding tert-OH is 1. The molecule has 0 bridgehead atoms. The maximum absolute atomic E-state index is 11.4. The topological polar surface area (TPSA) is 49.3 Å². The van der Waals surface area contributed by atoms with E-state index in [9.17, 15) is 4.79 Å². The van der Waals surface area contributed by atoms with E-state index in [1.807, 2.05) is 0 Å². The Kier molecular flexibility index (Phi) is 5.60. The third-order valence-corrected chi connectivity index (χ3v) is 2.78. The normalized spacial score (nSPS) is 18.9. The van der Waals surface area contributed by atoms with Crippen molar-refractivity contribution in [1.29, 1.82) is 0 Å². The van der Waals surface area contributed by atoms with E-state index in [1.165, 1.54) is 25.7 Å². The van der Waals surface area contributed by atoms with Gasteiger partial charge in [0.25, 0.3) is 0 Å². The quantitative estimate of drug-likeness (QED) is 0.676. The van der Waals surface area contributed by atoms with E-state index in [0.717, 1.165) is 12.8 Å². The molecule has 1 aliphatic carbocycles. The lowest BCUT2D eigenvalue weighted by atomic mass is 10.1. The fourth-order valence-corrected chi connectivity index (χ4v) is 1.96. The van der Waals surface area contributed by atoms with Gasteiger partial charge in [-0.3, -0.25) is 4.79 Å². The Balaban J connectivity index is 2.17. The van der Waals surface area contributed by atoms with Gasteiger partial charge in [0.15, 0.2) is 0 Å². The predicted octanol–water partition coefficient (Wildman–Crippen LogP) is 1.60. The standard InChI is InChI=1S/C11H21NO2/c13-9-5-8-11(14)12-10-6-3-1-2-4-7-10/h10,13H,1-9H2,(H,12,14). The second kappa shape index (κ2) is 6.82. The summed E-state index contributed by atoms with van der Waals surface area (Å²) in [5, 5.41) is 11.6. The molecule has 0 saturated heterocycles. The lowest BCUT2D eigenvalue weighted by Gasteiger charge is -2.15. The fourth-order valence-electron chi connectivity index (χ4n) is 1.96. The van der Waals surface area contributed by atoms with E-state index in [0.29, 0.717) is 18.9 Å². The third-order valence-electron chi connectivity index (χ3n) is 2.78. The fraction of sp³-hybridized carbons (Fsp3) is 0.909. The highest BCUT2D eigenvalue weighted by molar-refractivity contribution is 5.76. The Morgan fingerprint density at radius 1 is 1.21 bits per heavy atom. The van der Waals surface area contributed by atoms with Crippen molar-refractivity contribution < 1.29 is 9.90 Å². The molecule has 14 heavy (non-hydrogen) atoms. The minimum Gasteiger partial charge on any atom is -0.396 e. The molecule has 2 N–H and O–H groups in total. The maximum Gasteiger partial charge on any atom is 0.220 e. The molecule has 0 aromatic rings. The van der Waals surface area contributed by atoms with Crippen molar-refractivity contribution >= 4 is 5.91 Å². The van der Waals surface area contributed by atoms with Crippen molar-refractivity contribution in [3.8, 4) is 0 Å². The third kappa shape index (κ3) is 4.61. The molecule has 0 heterocycles. The van der Waals surface area contributed by atoms with Crippen LogP contribution in [0.5, 0.6) is 0 Å². The Hall–Kier alpha value is -0.570. The Morgan fingerprint density at radius 3 is 2.43 bits per heavy atom. The van der Waals surface area contributed by atoms with E-state index in [4.69, 9.17) is 5.11 Å². The smallest absolute Gasteiger partial charge is 0.220 e. The zero-order chi connectivity index (χ0) is 10.2. The van der Waals surface area contributed by atoms with E-state index < -0.39 is 0 Å². The number of carbonyl (C=O) groups excluding carboxylic acids is 1. The monoisotopic (exact) mass is 199 g/mol. The molecule has 1 fully saturated rings. The predicted molar refractivity (Wildman–Crippen MR) is 56.0 cm³/mol. The van der Waals surface area contributed by atoms with Gasteiger partial charge in [-0.1, -0.05) is 25.7 Å². The Labute approximate surface area is 85.9 Å². The Bertz CT molecular complexity index is 163. The molecule has 1 aliphatic rings. The second-order valence-electron chi connectivity index (χ2n) is 4.08. The first-order valence-electron chi connectivity index (χ1n) is 5.73. The van der Waals surface area contributed by atoms with Crippen LogP contribution in [0.4, 0.5) is 0 Å². The van der Waals surface area contributed by atoms with E-state index in [2.05, 4.69) is 5.32 Å². The van der Waals surface area contributed by atoms with Crippen LogP contribution >= 0.6 is 0 Å². The number of nitrogens with one attached hydrogen (secondary N) is 1. The molecule has 0 unspecified atom stereocenters. The van der Waals surface area contributed by atoms with Crippen LogP contribution in [-0.2, 0) is 4.79 Å². The lowest BCUT2D eigenvalue weighted by Crippen LogP contribution is -2.34. The molecule has 0 radical (unpaired) electrons. The highest BCUT2D eigenvalue weighted by Crippen LogP contribution is 2.17. The summed E-state index contributed by atoms with van der Waals surface area (Å²) in [6.45, 7) is 0.109. The second-order valence-corrected chi connectivity index (χ2v) is 4.08. The van der Waals surface area contributed by atoms with E-state index in [-0.39, 0.29) is 12.5 Å². The van der Waals surface area contributed by atoms with Crippen molar-refractivity contribution in [1.82, 2.24) is 5.32 Å². The van der Waals surface area contributed by atoms with Crippen LogP contribution in [0.3, 0.4) is 0 Å². The van der Waals surface area contributed by atoms with Gasteiger partial charge < -0.3 is 10.4 Å². The molecule has 3 heteroatoms. The summed E-state index contributed by atoms with van der Waals surface area (Å²) >= 11 is 0. The zero-order valence-electron chi connectivity index (χ0n) is 8.80. The van der Waals surface area contributed by atoms with Gasteiger partial charge >= 0.3 is 0 Å². The van der Waals surface area contributed by atoms with Crippen LogP contribution in [0, 0.1) is 0 Å². The number of amides is 1. The largest absolute Gasteiger partial charge is 0.396 e. The number of carbonyl (C=O) groups is 1. The minimum atomic E-state index is 0.103. The van der Waals surface area contributed by atoms with Crippen LogP contribution in [0.1, 0.15) is 51.4 Å². The molecule has 1 saturated carbocycles. The van der Waals surface area contributed by atoms with E-state index >= 15 is 0 Å². The summed E-state index contributed by atoms with van der Waals surface area (Å²) in [7, 11) is 0. The van der Waals surface area contributed by atoms with Crippen LogP contribution in [0.15, 0.2) is 0 Å². The summed E-state index contributed by atoms with van der Waals surface area (Å²) in [5.41, 5.74) is 0. The molecule has 0 aromatic carbocycles. The van der Waals surface area contributed by atoms with Gasteiger partial charge in [-0.25, -0.2) is 0 Å². The molecule has 0 spiro atoms. The first-order chi connectivity index (χ1) is 6.83. The molecule has 82 valence electrons. The van der Waals surface area contributed by atoms with Crippen LogP contribution in [-0.4, -0.2) is 23.7 Å². The molecular weight excluding hydrogens is 178 g/mol. The number of aliphatic hydroxyl groups is 1. The van der Waals surface area contributed by atoms with Gasteiger partial charge in [0, 0.05) is 19.1 Å². The molecule has 0 atom stereocenters. The van der Waals surface area contributed by atoms with Crippen molar-refractivity contribution in [3.05, 3.63) is 0 Å². The first kappa shape index (κ1) is 11.5. The van der Waals surface area contributed by atoms with Gasteiger partial charge in [-0.05, 0) is 19.3 Å². The van der Waals surface area contributed by atoms with Gasteiger partial charge in [0.2, 0.25) is 5.91 Å². The van der Waals surface area contributed by atoms with Gasteiger partial charge in [-0.15, -0.1) is 0 Å². The average Bonchev–Trinajstić information content (AvgIpc) is 2.43. The molecule has 0 aliphatic heterocycles. The maximum atomic E-state index is 11.4. The summed E-state index contributed by atoms with van der Waals surface area (Å²) < 4.78 is 0. The number of hydrogen-bond acceptors (Lipinski definition) is 2. The van der Waals surface area contributed by atoms with Gasteiger partial charge in [0.05, 0.1) is 0 Å². The summed E-state index contributed by atoms with van der Waals surface area (Å²) in [6.07, 6.45) is 8.41. The summed E-state index contributed by atoms with van der Waals surface area (Å²) in [6, 6.07) is 0.392. The van der Waals surface area contributed by atoms with Crippen LogP contribution in [0.25, 0.3) is 0 Å². The van der Waals surface area contributed by atoms with Crippen molar-refractivity contribution in [2.75, 3.05) is 6.61 Å². The first-order valence-corrected chi connectivity index (χ1v) is 5.73. The average molecular weight is 199 g/mol. The molecule has 3 nitrogen and oxygen atoms in total. The van der Waals surface area contributed by atoms with Crippen LogP contribution in [0.2, 0.25) is 0 Å². The van der Waals surface area contributed by atoms with E-state index in [1.54, 1.807) is 0 Å². The highest BCUT2D eigenvalue weighted by Gasteiger charge is 2.13. The highest BCUT2D eigenvalue weighted by atomic mass is 16.3. The summed E-state index contributed by atoms with van der Waals surface area (Å²) in [4.78, 5) is 11.4. The Morgan fingerprint density at radius 2 is 1.86 bits per heavy atom. The lowest BCUT2D eigenvalue weighted by molar-refractivity contribution is -0.122. The summed E-state index contributed by atoms with van der Waals surface area (Å²) in [5.74, 6) is 0.103. The molecule has 1 amide bonds. The van der Waals surface area contributed by atoms with Crippen molar-refractivity contribution in [2.24, 2.45) is 0 Å². The van der Waals surface area contributed by atoms with Crippen molar-refractivity contribution in [2.45, 2.75) is 57.4 Å².